The van der Waals surface area contributed by atoms with Gasteiger partial charge in [-0.2, -0.15) is 0 Å². The van der Waals surface area contributed by atoms with E-state index in [4.69, 9.17) is 23.2 Å². The lowest BCUT2D eigenvalue weighted by atomic mass is 10.1. The van der Waals surface area contributed by atoms with E-state index in [-0.39, 0.29) is 23.7 Å². The van der Waals surface area contributed by atoms with Crippen LogP contribution < -0.4 is 5.32 Å². The number of hydrogen-bond donors (Lipinski definition) is 1. The van der Waals surface area contributed by atoms with Gasteiger partial charge in [0.25, 0.3) is 0 Å². The number of amides is 2. The molecular formula is C21H19Cl2F2N5O. The maximum absolute atomic E-state index is 14.4. The molecule has 1 saturated heterocycles. The zero-order valence-electron chi connectivity index (χ0n) is 16.5. The Morgan fingerprint density at radius 2 is 1.87 bits per heavy atom. The van der Waals surface area contributed by atoms with Gasteiger partial charge in [0.1, 0.15) is 17.8 Å². The fraction of sp³-hybridized carbons (Fsp3) is 0.286. The van der Waals surface area contributed by atoms with E-state index < -0.39 is 24.1 Å². The van der Waals surface area contributed by atoms with Crippen molar-refractivity contribution in [2.45, 2.75) is 32.1 Å². The predicted octanol–water partition coefficient (Wildman–Crippen LogP) is 5.40. The van der Waals surface area contributed by atoms with Gasteiger partial charge in [-0.1, -0.05) is 35.3 Å². The summed E-state index contributed by atoms with van der Waals surface area (Å²) >= 11 is 11.7. The van der Waals surface area contributed by atoms with Gasteiger partial charge >= 0.3 is 6.03 Å². The van der Waals surface area contributed by atoms with Crippen LogP contribution in [0, 0.1) is 12.7 Å². The Bertz CT molecular complexity index is 1110. The molecule has 0 spiro atoms. The number of carbonyl (C=O) groups excluding carboxylic acids is 1. The number of nitrogens with zero attached hydrogens (tertiary/aromatic N) is 4. The third-order valence-electron chi connectivity index (χ3n) is 5.20. The molecule has 2 heterocycles. The van der Waals surface area contributed by atoms with Crippen LogP contribution in [0.5, 0.6) is 0 Å². The van der Waals surface area contributed by atoms with Crippen LogP contribution in [0.1, 0.15) is 29.7 Å². The standard InChI is InChI=1S/C21H19Cl2F2N5O/c1-12-27-28-20(29(12)10-13-2-4-14(22)5-3-13)19-9-16(24)11-30(19)21(31)26-18-7-6-15(23)8-17(18)25/h2-8,16,19H,9-11H2,1H3,(H,26,31)/t16?,19-/m1/s1. The summed E-state index contributed by atoms with van der Waals surface area (Å²) in [7, 11) is 0. The molecule has 162 valence electrons. The lowest BCUT2D eigenvalue weighted by Gasteiger charge is -2.25. The quantitative estimate of drug-likeness (QED) is 0.560. The third kappa shape index (κ3) is 4.65. The van der Waals surface area contributed by atoms with Crippen molar-refractivity contribution in [1.82, 2.24) is 19.7 Å². The highest BCUT2D eigenvalue weighted by Crippen LogP contribution is 2.34. The summed E-state index contributed by atoms with van der Waals surface area (Å²) in [5.41, 5.74) is 0.928. The fourth-order valence-corrected chi connectivity index (χ4v) is 3.93. The van der Waals surface area contributed by atoms with E-state index in [1.165, 1.54) is 17.0 Å². The van der Waals surface area contributed by atoms with E-state index in [0.29, 0.717) is 23.2 Å². The van der Waals surface area contributed by atoms with Gasteiger partial charge in [-0.3, -0.25) is 0 Å². The maximum atomic E-state index is 14.4. The summed E-state index contributed by atoms with van der Waals surface area (Å²) in [6.45, 7) is 2.11. The predicted molar refractivity (Wildman–Crippen MR) is 115 cm³/mol. The second kappa shape index (κ2) is 8.80. The van der Waals surface area contributed by atoms with Crippen LogP contribution in [0.2, 0.25) is 10.0 Å². The highest BCUT2D eigenvalue weighted by Gasteiger charge is 2.39. The lowest BCUT2D eigenvalue weighted by Crippen LogP contribution is -2.36. The molecule has 1 N–H and O–H groups in total. The van der Waals surface area contributed by atoms with Crippen LogP contribution in [-0.2, 0) is 6.54 Å². The SMILES string of the molecule is Cc1nnc([C@H]2CC(F)CN2C(=O)Nc2ccc(Cl)cc2F)n1Cc1ccc(Cl)cc1. The number of benzene rings is 2. The second-order valence-corrected chi connectivity index (χ2v) is 8.25. The average Bonchev–Trinajstić information content (AvgIpc) is 3.28. The summed E-state index contributed by atoms with van der Waals surface area (Å²) in [6.07, 6.45) is -1.15. The van der Waals surface area contributed by atoms with Crippen LogP contribution in [0.25, 0.3) is 0 Å². The van der Waals surface area contributed by atoms with Crippen molar-refractivity contribution in [3.63, 3.8) is 0 Å². The zero-order chi connectivity index (χ0) is 22.1. The molecule has 2 amide bonds. The van der Waals surface area contributed by atoms with E-state index in [2.05, 4.69) is 15.5 Å². The molecule has 1 aromatic heterocycles. The number of rotatable bonds is 4. The first-order chi connectivity index (χ1) is 14.8. The topological polar surface area (TPSA) is 63.1 Å². The second-order valence-electron chi connectivity index (χ2n) is 7.37. The Morgan fingerprint density at radius 3 is 2.58 bits per heavy atom. The molecule has 4 rings (SSSR count). The first kappa shape index (κ1) is 21.5. The van der Waals surface area contributed by atoms with Gasteiger partial charge in [-0.25, -0.2) is 13.6 Å². The number of carbonyl (C=O) groups is 1. The Balaban J connectivity index is 1.59. The lowest BCUT2D eigenvalue weighted by molar-refractivity contribution is 0.201. The van der Waals surface area contributed by atoms with Crippen molar-refractivity contribution in [1.29, 1.82) is 0 Å². The normalized spacial score (nSPS) is 18.4. The number of aryl methyl sites for hydroxylation is 1. The van der Waals surface area contributed by atoms with Crippen molar-refractivity contribution in [3.05, 3.63) is 75.5 Å². The molecule has 0 saturated carbocycles. The van der Waals surface area contributed by atoms with Gasteiger partial charge < -0.3 is 14.8 Å². The highest BCUT2D eigenvalue weighted by atomic mass is 35.5. The van der Waals surface area contributed by atoms with Crippen molar-refractivity contribution in [2.75, 3.05) is 11.9 Å². The van der Waals surface area contributed by atoms with Crippen molar-refractivity contribution < 1.29 is 13.6 Å². The summed E-state index contributed by atoms with van der Waals surface area (Å²) < 4.78 is 30.3. The van der Waals surface area contributed by atoms with E-state index in [1.54, 1.807) is 19.1 Å². The number of aromatic nitrogens is 3. The van der Waals surface area contributed by atoms with E-state index in [1.807, 2.05) is 16.7 Å². The fourth-order valence-electron chi connectivity index (χ4n) is 3.64. The first-order valence-corrected chi connectivity index (χ1v) is 10.4. The molecule has 2 atom stereocenters. The molecule has 1 aliphatic heterocycles. The molecule has 1 fully saturated rings. The number of urea groups is 1. The smallest absolute Gasteiger partial charge is 0.311 e. The molecule has 6 nitrogen and oxygen atoms in total. The molecule has 0 aliphatic carbocycles. The van der Waals surface area contributed by atoms with E-state index >= 15 is 0 Å². The third-order valence-corrected chi connectivity index (χ3v) is 5.69. The molecule has 0 bridgehead atoms. The van der Waals surface area contributed by atoms with Gasteiger partial charge in [0.15, 0.2) is 5.82 Å². The van der Waals surface area contributed by atoms with Crippen LogP contribution in [0.3, 0.4) is 0 Å². The monoisotopic (exact) mass is 465 g/mol. The molecule has 1 unspecified atom stereocenters. The molecule has 2 aromatic carbocycles. The number of alkyl halides is 1. The number of likely N-dealkylation sites (tertiary alicyclic amines) is 1. The zero-order valence-corrected chi connectivity index (χ0v) is 18.0. The van der Waals surface area contributed by atoms with Crippen LogP contribution in [-0.4, -0.2) is 38.4 Å². The number of halogens is 4. The summed E-state index contributed by atoms with van der Waals surface area (Å²) in [5.74, 6) is 0.436. The van der Waals surface area contributed by atoms with Crippen molar-refractivity contribution in [2.24, 2.45) is 0 Å². The first-order valence-electron chi connectivity index (χ1n) is 9.62. The Labute approximate surface area is 187 Å². The van der Waals surface area contributed by atoms with Gasteiger partial charge in [0, 0.05) is 16.5 Å². The molecule has 31 heavy (non-hydrogen) atoms. The largest absolute Gasteiger partial charge is 0.322 e. The number of nitrogens with one attached hydrogen (secondary N) is 1. The van der Waals surface area contributed by atoms with E-state index in [9.17, 15) is 13.6 Å². The molecule has 0 radical (unpaired) electrons. The van der Waals surface area contributed by atoms with Gasteiger partial charge in [0.05, 0.1) is 24.8 Å². The van der Waals surface area contributed by atoms with Crippen LogP contribution in [0.4, 0.5) is 19.3 Å². The Hall–Kier alpha value is -2.71. The minimum absolute atomic E-state index is 0.0331. The molecular weight excluding hydrogens is 447 g/mol. The molecule has 3 aromatic rings. The van der Waals surface area contributed by atoms with Gasteiger partial charge in [0.2, 0.25) is 0 Å². The minimum Gasteiger partial charge on any atom is -0.311 e. The van der Waals surface area contributed by atoms with Crippen molar-refractivity contribution >= 4 is 34.9 Å². The summed E-state index contributed by atoms with van der Waals surface area (Å²) in [5, 5.41) is 11.7. The summed E-state index contributed by atoms with van der Waals surface area (Å²) in [6, 6.07) is 9.99. The van der Waals surface area contributed by atoms with Crippen LogP contribution in [0.15, 0.2) is 42.5 Å². The van der Waals surface area contributed by atoms with E-state index in [0.717, 1.165) is 11.6 Å². The number of hydrogen-bond acceptors (Lipinski definition) is 3. The minimum atomic E-state index is -1.23. The van der Waals surface area contributed by atoms with Crippen LogP contribution >= 0.6 is 23.2 Å². The van der Waals surface area contributed by atoms with Gasteiger partial charge in [-0.05, 0) is 42.8 Å². The Kier molecular flexibility index (Phi) is 6.11. The van der Waals surface area contributed by atoms with Crippen molar-refractivity contribution in [3.8, 4) is 0 Å². The maximum Gasteiger partial charge on any atom is 0.322 e. The molecule has 1 aliphatic rings. The Morgan fingerprint density at radius 1 is 1.16 bits per heavy atom. The summed E-state index contributed by atoms with van der Waals surface area (Å²) in [4.78, 5) is 14.2. The molecule has 10 heteroatoms. The highest BCUT2D eigenvalue weighted by molar-refractivity contribution is 6.30. The average molecular weight is 466 g/mol. The number of anilines is 1. The van der Waals surface area contributed by atoms with Gasteiger partial charge in [-0.15, -0.1) is 10.2 Å².